The first-order valence-electron chi connectivity index (χ1n) is 8.31. The summed E-state index contributed by atoms with van der Waals surface area (Å²) < 4.78 is 6.37. The zero-order valence-electron chi connectivity index (χ0n) is 14.8. The molecule has 0 radical (unpaired) electrons. The molecule has 3 nitrogen and oxygen atoms in total. The number of allylic oxidation sites excluding steroid dienone is 4. The zero-order valence-corrected chi connectivity index (χ0v) is 14.8. The summed E-state index contributed by atoms with van der Waals surface area (Å²) in [6.07, 6.45) is 12.7. The van der Waals surface area contributed by atoms with E-state index in [1.807, 2.05) is 12.2 Å². The van der Waals surface area contributed by atoms with Gasteiger partial charge in [-0.1, -0.05) is 32.1 Å². The van der Waals surface area contributed by atoms with Crippen LogP contribution in [0.1, 0.15) is 53.9 Å². The van der Waals surface area contributed by atoms with E-state index in [2.05, 4.69) is 33.8 Å². The first kappa shape index (κ1) is 17.7. The van der Waals surface area contributed by atoms with Crippen LogP contribution in [0.25, 0.3) is 0 Å². The number of hydrogen-bond acceptors (Lipinski definition) is 2. The molecule has 2 rings (SSSR count). The smallest absolute Gasteiger partial charge is 0.328 e. The standard InChI is InChI=1S/C20H28O3/c1-14(12-18(21)22)8-6-9-15(2)16-13-17-19(3,4)10-7-11-20(17,5)23-16/h6,8-9,12-13,16H,7,10-11H2,1-5H3,(H,21,22)/b8-6+,14-12-,15-9+/t16-,20+/m0/s1. The number of rotatable bonds is 4. The van der Waals surface area contributed by atoms with Gasteiger partial charge in [-0.25, -0.2) is 4.79 Å². The number of aliphatic carboxylic acids is 1. The van der Waals surface area contributed by atoms with Crippen molar-refractivity contribution in [2.75, 3.05) is 0 Å². The van der Waals surface area contributed by atoms with Gasteiger partial charge >= 0.3 is 5.97 Å². The summed E-state index contributed by atoms with van der Waals surface area (Å²) in [5, 5.41) is 8.71. The van der Waals surface area contributed by atoms with Crippen LogP contribution >= 0.6 is 0 Å². The van der Waals surface area contributed by atoms with Crippen molar-refractivity contribution in [3.63, 3.8) is 0 Å². The Morgan fingerprint density at radius 1 is 1.30 bits per heavy atom. The van der Waals surface area contributed by atoms with Crippen molar-refractivity contribution in [2.45, 2.75) is 65.6 Å². The van der Waals surface area contributed by atoms with Crippen LogP contribution < -0.4 is 0 Å². The van der Waals surface area contributed by atoms with E-state index in [1.54, 1.807) is 13.0 Å². The molecule has 0 aromatic carbocycles. The van der Waals surface area contributed by atoms with E-state index < -0.39 is 5.97 Å². The van der Waals surface area contributed by atoms with E-state index in [0.29, 0.717) is 5.57 Å². The summed E-state index contributed by atoms with van der Waals surface area (Å²) >= 11 is 0. The van der Waals surface area contributed by atoms with Crippen molar-refractivity contribution in [1.82, 2.24) is 0 Å². The Labute approximate surface area is 139 Å². The normalized spacial score (nSPS) is 31.2. The number of carbonyl (C=O) groups is 1. The van der Waals surface area contributed by atoms with Crippen molar-refractivity contribution in [3.8, 4) is 0 Å². The summed E-state index contributed by atoms with van der Waals surface area (Å²) in [7, 11) is 0. The highest BCUT2D eigenvalue weighted by Crippen LogP contribution is 2.51. The molecule has 0 aromatic heterocycles. The maximum Gasteiger partial charge on any atom is 0.328 e. The molecule has 0 saturated heterocycles. The summed E-state index contributed by atoms with van der Waals surface area (Å²) in [6.45, 7) is 10.7. The Balaban J connectivity index is 2.14. The van der Waals surface area contributed by atoms with Gasteiger partial charge in [-0.15, -0.1) is 0 Å². The number of fused-ring (bicyclic) bond motifs is 1. The Morgan fingerprint density at radius 2 is 2.00 bits per heavy atom. The number of ether oxygens (including phenoxy) is 1. The lowest BCUT2D eigenvalue weighted by Crippen LogP contribution is -2.39. The van der Waals surface area contributed by atoms with E-state index in [4.69, 9.17) is 9.84 Å². The SMILES string of the molecule is CC(=C/C(=O)O)/C=C/C=C(\C)[C@@H]1C=C2C(C)(C)CCC[C@@]2(C)O1. The molecular formula is C20H28O3. The minimum absolute atomic E-state index is 0.0146. The third-order valence-corrected chi connectivity index (χ3v) is 4.98. The predicted octanol–water partition coefficient (Wildman–Crippen LogP) is 4.81. The summed E-state index contributed by atoms with van der Waals surface area (Å²) in [4.78, 5) is 10.6. The van der Waals surface area contributed by atoms with Crippen LogP contribution in [0, 0.1) is 5.41 Å². The van der Waals surface area contributed by atoms with Gasteiger partial charge < -0.3 is 9.84 Å². The van der Waals surface area contributed by atoms with Crippen molar-refractivity contribution < 1.29 is 14.6 Å². The molecule has 0 bridgehead atoms. The molecule has 1 fully saturated rings. The second kappa shape index (κ2) is 6.48. The lowest BCUT2D eigenvalue weighted by molar-refractivity contribution is -0.131. The van der Waals surface area contributed by atoms with E-state index in [9.17, 15) is 4.79 Å². The molecule has 0 aromatic rings. The first-order valence-corrected chi connectivity index (χ1v) is 8.31. The minimum atomic E-state index is -0.920. The van der Waals surface area contributed by atoms with Crippen molar-refractivity contribution >= 4 is 5.97 Å². The predicted molar refractivity (Wildman–Crippen MR) is 93.3 cm³/mol. The van der Waals surface area contributed by atoms with Crippen LogP contribution in [0.3, 0.4) is 0 Å². The second-order valence-corrected chi connectivity index (χ2v) is 7.58. The maximum atomic E-state index is 10.6. The Bertz CT molecular complexity index is 604. The van der Waals surface area contributed by atoms with Crippen LogP contribution in [-0.2, 0) is 9.53 Å². The van der Waals surface area contributed by atoms with E-state index in [0.717, 1.165) is 12.0 Å². The molecule has 126 valence electrons. The zero-order chi connectivity index (χ0) is 17.3. The largest absolute Gasteiger partial charge is 0.478 e. The van der Waals surface area contributed by atoms with Gasteiger partial charge in [0, 0.05) is 6.08 Å². The molecule has 0 amide bonds. The van der Waals surface area contributed by atoms with Gasteiger partial charge in [-0.05, 0) is 68.2 Å². The number of carboxylic acids is 1. The van der Waals surface area contributed by atoms with Crippen LogP contribution in [0.15, 0.2) is 47.1 Å². The molecule has 3 heteroatoms. The molecule has 1 aliphatic carbocycles. The monoisotopic (exact) mass is 316 g/mol. The minimum Gasteiger partial charge on any atom is -0.478 e. The van der Waals surface area contributed by atoms with E-state index >= 15 is 0 Å². The van der Waals surface area contributed by atoms with Crippen LogP contribution in [0.4, 0.5) is 0 Å². The number of carboxylic acid groups (broad SMARTS) is 1. The van der Waals surface area contributed by atoms with Gasteiger partial charge in [0.05, 0.1) is 11.7 Å². The fraction of sp³-hybridized carbons (Fsp3) is 0.550. The quantitative estimate of drug-likeness (QED) is 0.460. The fourth-order valence-corrected chi connectivity index (χ4v) is 3.76. The summed E-state index contributed by atoms with van der Waals surface area (Å²) in [5.74, 6) is -0.920. The molecule has 2 aliphatic rings. The average Bonchev–Trinajstić information content (AvgIpc) is 2.77. The molecule has 1 heterocycles. The Morgan fingerprint density at radius 3 is 2.61 bits per heavy atom. The third-order valence-electron chi connectivity index (χ3n) is 4.98. The summed E-state index contributed by atoms with van der Waals surface area (Å²) in [6, 6.07) is 0. The van der Waals surface area contributed by atoms with Crippen molar-refractivity contribution in [3.05, 3.63) is 47.1 Å². The molecule has 1 N–H and O–H groups in total. The van der Waals surface area contributed by atoms with Crippen LogP contribution in [0.2, 0.25) is 0 Å². The molecule has 2 atom stereocenters. The molecule has 0 spiro atoms. The molecule has 23 heavy (non-hydrogen) atoms. The average molecular weight is 316 g/mol. The highest BCUT2D eigenvalue weighted by atomic mass is 16.5. The van der Waals surface area contributed by atoms with E-state index in [1.165, 1.54) is 24.5 Å². The lowest BCUT2D eigenvalue weighted by atomic mass is 9.67. The van der Waals surface area contributed by atoms with Gasteiger partial charge in [-0.2, -0.15) is 0 Å². The highest BCUT2D eigenvalue weighted by Gasteiger charge is 2.47. The van der Waals surface area contributed by atoms with Gasteiger partial charge in [0.1, 0.15) is 0 Å². The number of hydrogen-bond donors (Lipinski definition) is 1. The van der Waals surface area contributed by atoms with Crippen LogP contribution in [-0.4, -0.2) is 22.8 Å². The highest BCUT2D eigenvalue weighted by molar-refractivity contribution is 5.81. The van der Waals surface area contributed by atoms with Gasteiger partial charge in [0.25, 0.3) is 0 Å². The van der Waals surface area contributed by atoms with Gasteiger partial charge in [0.15, 0.2) is 0 Å². The Kier molecular flexibility index (Phi) is 5.00. The summed E-state index contributed by atoms with van der Waals surface area (Å²) in [5.41, 5.74) is 3.36. The van der Waals surface area contributed by atoms with Gasteiger partial charge in [-0.3, -0.25) is 0 Å². The van der Waals surface area contributed by atoms with Crippen molar-refractivity contribution in [1.29, 1.82) is 0 Å². The molecular weight excluding hydrogens is 288 g/mol. The third kappa shape index (κ3) is 4.03. The van der Waals surface area contributed by atoms with Crippen molar-refractivity contribution in [2.24, 2.45) is 5.41 Å². The molecule has 0 unspecified atom stereocenters. The van der Waals surface area contributed by atoms with Gasteiger partial charge in [0.2, 0.25) is 0 Å². The lowest BCUT2D eigenvalue weighted by Gasteiger charge is -2.42. The first-order chi connectivity index (χ1) is 10.6. The Hall–Kier alpha value is -1.61. The molecule has 1 aliphatic heterocycles. The maximum absolute atomic E-state index is 10.6. The topological polar surface area (TPSA) is 46.5 Å². The van der Waals surface area contributed by atoms with Crippen LogP contribution in [0.5, 0.6) is 0 Å². The second-order valence-electron chi connectivity index (χ2n) is 7.58. The molecule has 1 saturated carbocycles. The fourth-order valence-electron chi connectivity index (χ4n) is 3.76. The van der Waals surface area contributed by atoms with E-state index in [-0.39, 0.29) is 17.1 Å².